The summed E-state index contributed by atoms with van der Waals surface area (Å²) in [7, 11) is 0. The summed E-state index contributed by atoms with van der Waals surface area (Å²) >= 11 is 0. The lowest BCUT2D eigenvalue weighted by Gasteiger charge is -2.16. The summed E-state index contributed by atoms with van der Waals surface area (Å²) in [5, 5.41) is 0. The van der Waals surface area contributed by atoms with E-state index in [1.165, 1.54) is 187 Å². The molecule has 1 heteroatoms. The molecule has 0 amide bonds. The third-order valence-corrected chi connectivity index (χ3v) is 8.16. The Morgan fingerprint density at radius 3 is 1.24 bits per heavy atom. The van der Waals surface area contributed by atoms with Crippen LogP contribution in [0.1, 0.15) is 181 Å². The highest BCUT2D eigenvalue weighted by molar-refractivity contribution is 4.75. The Labute approximate surface area is 211 Å². The maximum atomic E-state index is 2.78. The van der Waals surface area contributed by atoms with Crippen molar-refractivity contribution in [2.75, 3.05) is 19.6 Å². The molecule has 198 valence electrons. The van der Waals surface area contributed by atoms with Crippen LogP contribution in [0.3, 0.4) is 0 Å². The van der Waals surface area contributed by atoms with Crippen molar-refractivity contribution < 1.29 is 0 Å². The molecule has 1 unspecified atom stereocenters. The maximum Gasteiger partial charge on any atom is 0.00101 e. The van der Waals surface area contributed by atoms with Gasteiger partial charge in [-0.2, -0.15) is 0 Å². The first-order chi connectivity index (χ1) is 16.4. The van der Waals surface area contributed by atoms with E-state index in [2.05, 4.69) is 18.7 Å². The number of rotatable bonds is 26. The van der Waals surface area contributed by atoms with Gasteiger partial charge < -0.3 is 4.90 Å². The Morgan fingerprint density at radius 1 is 0.455 bits per heavy atom. The van der Waals surface area contributed by atoms with Crippen molar-refractivity contribution in [2.24, 2.45) is 5.92 Å². The molecule has 1 saturated heterocycles. The number of nitrogens with zero attached hydrogens (tertiary/aromatic N) is 1. The van der Waals surface area contributed by atoms with Gasteiger partial charge in [-0.15, -0.1) is 0 Å². The molecule has 1 heterocycles. The second-order valence-electron chi connectivity index (χ2n) is 11.5. The number of hydrogen-bond donors (Lipinski definition) is 0. The Bertz CT molecular complexity index is 332. The van der Waals surface area contributed by atoms with Crippen LogP contribution >= 0.6 is 0 Å². The van der Waals surface area contributed by atoms with Crippen LogP contribution in [0.25, 0.3) is 0 Å². The van der Waals surface area contributed by atoms with E-state index in [0.717, 1.165) is 5.92 Å². The summed E-state index contributed by atoms with van der Waals surface area (Å²) in [5.41, 5.74) is 0. The van der Waals surface area contributed by atoms with Gasteiger partial charge in [0.15, 0.2) is 0 Å². The summed E-state index contributed by atoms with van der Waals surface area (Å²) in [6.45, 7) is 8.80. The van der Waals surface area contributed by atoms with Crippen molar-refractivity contribution in [1.82, 2.24) is 4.90 Å². The minimum absolute atomic E-state index is 1.02. The van der Waals surface area contributed by atoms with E-state index in [0.29, 0.717) is 0 Å². The van der Waals surface area contributed by atoms with Gasteiger partial charge >= 0.3 is 0 Å². The molecule has 1 aliphatic rings. The molecular formula is C32H65N. The average molecular weight is 464 g/mol. The van der Waals surface area contributed by atoms with E-state index in [-0.39, 0.29) is 0 Å². The van der Waals surface area contributed by atoms with Crippen LogP contribution in [0.15, 0.2) is 0 Å². The van der Waals surface area contributed by atoms with Gasteiger partial charge in [-0.05, 0) is 38.3 Å². The molecule has 1 fully saturated rings. The topological polar surface area (TPSA) is 3.24 Å². The molecule has 0 bridgehead atoms. The molecule has 0 spiro atoms. The van der Waals surface area contributed by atoms with Crippen molar-refractivity contribution in [3.05, 3.63) is 0 Å². The van der Waals surface area contributed by atoms with Crippen molar-refractivity contribution in [1.29, 1.82) is 0 Å². The molecule has 1 atom stereocenters. The Morgan fingerprint density at radius 2 is 0.818 bits per heavy atom. The molecular weight excluding hydrogens is 398 g/mol. The second-order valence-corrected chi connectivity index (χ2v) is 11.5. The van der Waals surface area contributed by atoms with Gasteiger partial charge in [-0.1, -0.05) is 162 Å². The van der Waals surface area contributed by atoms with Gasteiger partial charge in [-0.3, -0.25) is 0 Å². The molecule has 0 N–H and O–H groups in total. The van der Waals surface area contributed by atoms with Crippen molar-refractivity contribution in [3.8, 4) is 0 Å². The Kier molecular flexibility index (Phi) is 23.5. The second kappa shape index (κ2) is 25.1. The first kappa shape index (κ1) is 31.0. The van der Waals surface area contributed by atoms with E-state index in [4.69, 9.17) is 0 Å². The summed E-state index contributed by atoms with van der Waals surface area (Å²) in [5.74, 6) is 1.02. The standard InChI is InChI=1S/C32H65N/c1-3-5-7-9-11-13-15-17-19-21-23-25-27-32-28-30-33(31-32)29-26-24-22-20-18-16-14-12-10-8-6-4-2/h32H,3-31H2,1-2H3. The SMILES string of the molecule is CCCCCCCCCCCCCCC1CCN(CCCCCCCCCCCCCC)C1. The number of unbranched alkanes of at least 4 members (excludes halogenated alkanes) is 22. The van der Waals surface area contributed by atoms with Crippen LogP contribution in [0.5, 0.6) is 0 Å². The summed E-state index contributed by atoms with van der Waals surface area (Å²) in [4.78, 5) is 2.78. The monoisotopic (exact) mass is 464 g/mol. The quantitative estimate of drug-likeness (QED) is 0.115. The van der Waals surface area contributed by atoms with E-state index in [1.807, 2.05) is 0 Å². The predicted octanol–water partition coefficient (Wildman–Crippen LogP) is 11.1. The molecule has 1 aliphatic heterocycles. The molecule has 1 nitrogen and oxygen atoms in total. The van der Waals surface area contributed by atoms with Crippen molar-refractivity contribution in [3.63, 3.8) is 0 Å². The molecule has 0 saturated carbocycles. The highest BCUT2D eigenvalue weighted by atomic mass is 15.1. The molecule has 0 aromatic rings. The third-order valence-electron chi connectivity index (χ3n) is 8.16. The van der Waals surface area contributed by atoms with Gasteiger partial charge in [0.25, 0.3) is 0 Å². The molecule has 0 aliphatic carbocycles. The average Bonchev–Trinajstić information content (AvgIpc) is 3.28. The van der Waals surface area contributed by atoms with Gasteiger partial charge in [0.1, 0.15) is 0 Å². The Hall–Kier alpha value is -0.0400. The summed E-state index contributed by atoms with van der Waals surface area (Å²) in [6.07, 6.45) is 38.2. The van der Waals surface area contributed by atoms with E-state index >= 15 is 0 Å². The van der Waals surface area contributed by atoms with Crippen LogP contribution in [-0.4, -0.2) is 24.5 Å². The zero-order chi connectivity index (χ0) is 23.7. The molecule has 1 rings (SSSR count). The zero-order valence-electron chi connectivity index (χ0n) is 23.5. The van der Waals surface area contributed by atoms with Gasteiger partial charge in [-0.25, -0.2) is 0 Å². The lowest BCUT2D eigenvalue weighted by molar-refractivity contribution is 0.309. The minimum atomic E-state index is 1.02. The van der Waals surface area contributed by atoms with Crippen LogP contribution in [0.2, 0.25) is 0 Å². The molecule has 33 heavy (non-hydrogen) atoms. The number of likely N-dealkylation sites (tertiary alicyclic amines) is 1. The number of hydrogen-bond acceptors (Lipinski definition) is 1. The van der Waals surface area contributed by atoms with Gasteiger partial charge in [0.05, 0.1) is 0 Å². The molecule has 0 aromatic carbocycles. The normalized spacial score (nSPS) is 16.7. The lowest BCUT2D eigenvalue weighted by Crippen LogP contribution is -2.21. The van der Waals surface area contributed by atoms with Crippen molar-refractivity contribution >= 4 is 0 Å². The van der Waals surface area contributed by atoms with Crippen LogP contribution < -0.4 is 0 Å². The first-order valence-corrected chi connectivity index (χ1v) is 16.1. The molecule has 0 aromatic heterocycles. The minimum Gasteiger partial charge on any atom is -0.303 e. The third kappa shape index (κ3) is 21.0. The summed E-state index contributed by atoms with van der Waals surface area (Å²) < 4.78 is 0. The lowest BCUT2D eigenvalue weighted by atomic mass is 9.99. The Balaban J connectivity index is 1.76. The highest BCUT2D eigenvalue weighted by Gasteiger charge is 2.21. The fourth-order valence-corrected chi connectivity index (χ4v) is 5.80. The van der Waals surface area contributed by atoms with Gasteiger partial charge in [0, 0.05) is 6.54 Å². The van der Waals surface area contributed by atoms with E-state index in [1.54, 1.807) is 0 Å². The predicted molar refractivity (Wildman–Crippen MR) is 151 cm³/mol. The van der Waals surface area contributed by atoms with Crippen molar-refractivity contribution in [2.45, 2.75) is 181 Å². The zero-order valence-corrected chi connectivity index (χ0v) is 23.5. The first-order valence-electron chi connectivity index (χ1n) is 16.1. The van der Waals surface area contributed by atoms with Gasteiger partial charge in [0.2, 0.25) is 0 Å². The van der Waals surface area contributed by atoms with Crippen LogP contribution in [0.4, 0.5) is 0 Å². The fourth-order valence-electron chi connectivity index (χ4n) is 5.80. The van der Waals surface area contributed by atoms with E-state index in [9.17, 15) is 0 Å². The van der Waals surface area contributed by atoms with E-state index < -0.39 is 0 Å². The largest absolute Gasteiger partial charge is 0.303 e. The van der Waals surface area contributed by atoms with Crippen LogP contribution in [0, 0.1) is 5.92 Å². The highest BCUT2D eigenvalue weighted by Crippen LogP contribution is 2.23. The smallest absolute Gasteiger partial charge is 0.00101 e. The molecule has 0 radical (unpaired) electrons. The van der Waals surface area contributed by atoms with Crippen LogP contribution in [-0.2, 0) is 0 Å². The fraction of sp³-hybridized carbons (Fsp3) is 1.00. The summed E-state index contributed by atoms with van der Waals surface area (Å²) in [6, 6.07) is 0. The maximum absolute atomic E-state index is 2.78.